The minimum Gasteiger partial charge on any atom is -0.299 e. The van der Waals surface area contributed by atoms with Gasteiger partial charge in [-0.2, -0.15) is 0 Å². The number of carbonyl (C=O) groups is 1. The van der Waals surface area contributed by atoms with Crippen molar-refractivity contribution in [3.05, 3.63) is 12.2 Å². The summed E-state index contributed by atoms with van der Waals surface area (Å²) in [5, 5.41) is 0. The predicted octanol–water partition coefficient (Wildman–Crippen LogP) is 2.71. The summed E-state index contributed by atoms with van der Waals surface area (Å²) >= 11 is 0. The van der Waals surface area contributed by atoms with Crippen LogP contribution in [0.1, 0.15) is 38.5 Å². The zero-order chi connectivity index (χ0) is 8.89. The van der Waals surface area contributed by atoms with Crippen LogP contribution in [0.3, 0.4) is 0 Å². The maximum atomic E-state index is 11.7. The molecule has 0 aromatic carbocycles. The van der Waals surface area contributed by atoms with Crippen LogP contribution >= 0.6 is 0 Å². The molecule has 3 fully saturated rings. The van der Waals surface area contributed by atoms with E-state index in [-0.39, 0.29) is 0 Å². The third kappa shape index (κ3) is 0.962. The molecule has 4 rings (SSSR count). The molecule has 0 aromatic rings. The van der Waals surface area contributed by atoms with Gasteiger partial charge in [-0.05, 0) is 43.4 Å². The number of fused-ring (bicyclic) bond motifs is 2. The molecule has 0 aliphatic heterocycles. The average Bonchev–Trinajstić information content (AvgIpc) is 2.16. The number of Topliss-reactive ketones (excluding diaryl/α,β-unsaturated/α-hetero) is 1. The fourth-order valence-electron chi connectivity index (χ4n) is 3.64. The maximum absolute atomic E-state index is 11.7. The fraction of sp³-hybridized carbons (Fsp3) is 0.750. The van der Waals surface area contributed by atoms with Crippen LogP contribution in [0, 0.1) is 17.3 Å². The van der Waals surface area contributed by atoms with Gasteiger partial charge in [-0.15, -0.1) is 0 Å². The summed E-state index contributed by atoms with van der Waals surface area (Å²) in [6.45, 7) is 0. The van der Waals surface area contributed by atoms with E-state index in [2.05, 4.69) is 12.2 Å². The molecule has 1 unspecified atom stereocenters. The molecule has 0 aromatic heterocycles. The van der Waals surface area contributed by atoms with Crippen molar-refractivity contribution >= 4 is 5.78 Å². The number of ketones is 1. The molecular weight excluding hydrogens is 160 g/mol. The van der Waals surface area contributed by atoms with Gasteiger partial charge in [-0.3, -0.25) is 4.79 Å². The summed E-state index contributed by atoms with van der Waals surface area (Å²) in [5.41, 5.74) is 0.323. The van der Waals surface area contributed by atoms with Crippen molar-refractivity contribution in [3.8, 4) is 0 Å². The van der Waals surface area contributed by atoms with E-state index in [0.29, 0.717) is 17.1 Å². The summed E-state index contributed by atoms with van der Waals surface area (Å²) in [7, 11) is 0. The van der Waals surface area contributed by atoms with Crippen LogP contribution in [-0.2, 0) is 4.79 Å². The molecule has 2 bridgehead atoms. The molecule has 1 nitrogen and oxygen atoms in total. The Morgan fingerprint density at radius 1 is 1.38 bits per heavy atom. The summed E-state index contributed by atoms with van der Waals surface area (Å²) in [6.07, 6.45) is 11.8. The second-order valence-electron chi connectivity index (χ2n) is 5.02. The Morgan fingerprint density at radius 2 is 2.31 bits per heavy atom. The Morgan fingerprint density at radius 3 is 3.15 bits per heavy atom. The number of hydrogen-bond acceptors (Lipinski definition) is 1. The Balaban J connectivity index is 2.01. The highest BCUT2D eigenvalue weighted by atomic mass is 16.1. The highest BCUT2D eigenvalue weighted by Crippen LogP contribution is 2.56. The van der Waals surface area contributed by atoms with E-state index in [1.807, 2.05) is 0 Å². The average molecular weight is 176 g/mol. The Bertz CT molecular complexity index is 279. The monoisotopic (exact) mass is 176 g/mol. The highest BCUT2D eigenvalue weighted by molar-refractivity contribution is 5.84. The maximum Gasteiger partial charge on any atom is 0.136 e. The van der Waals surface area contributed by atoms with Gasteiger partial charge in [-0.25, -0.2) is 0 Å². The Hall–Kier alpha value is -0.590. The molecule has 1 heteroatoms. The number of allylic oxidation sites excluding steroid dienone is 2. The lowest BCUT2D eigenvalue weighted by Gasteiger charge is -2.51. The van der Waals surface area contributed by atoms with Gasteiger partial charge < -0.3 is 0 Å². The molecule has 13 heavy (non-hydrogen) atoms. The van der Waals surface area contributed by atoms with E-state index in [4.69, 9.17) is 0 Å². The van der Waals surface area contributed by atoms with E-state index in [1.54, 1.807) is 0 Å². The molecule has 0 heterocycles. The quantitative estimate of drug-likeness (QED) is 0.519. The van der Waals surface area contributed by atoms with Crippen molar-refractivity contribution in [2.45, 2.75) is 38.5 Å². The zero-order valence-corrected chi connectivity index (χ0v) is 7.96. The van der Waals surface area contributed by atoms with E-state index in [0.717, 1.165) is 12.3 Å². The predicted molar refractivity (Wildman–Crippen MR) is 51.3 cm³/mol. The summed E-state index contributed by atoms with van der Waals surface area (Å²) in [6, 6.07) is 0. The van der Waals surface area contributed by atoms with Crippen molar-refractivity contribution in [1.29, 1.82) is 0 Å². The van der Waals surface area contributed by atoms with Crippen LogP contribution in [0.15, 0.2) is 12.2 Å². The molecule has 0 amide bonds. The molecular formula is C12H16O. The van der Waals surface area contributed by atoms with Crippen molar-refractivity contribution < 1.29 is 4.79 Å². The third-order valence-corrected chi connectivity index (χ3v) is 4.43. The second kappa shape index (κ2) is 2.46. The van der Waals surface area contributed by atoms with E-state index >= 15 is 0 Å². The first kappa shape index (κ1) is 7.78. The minimum atomic E-state index is 0.323. The van der Waals surface area contributed by atoms with Gasteiger partial charge >= 0.3 is 0 Å². The SMILES string of the molecule is O=C1C[C@@]23C=CCCC2C[C@@H]1CC3. The van der Waals surface area contributed by atoms with Gasteiger partial charge in [0.15, 0.2) is 0 Å². The standard InChI is InChI=1S/C12H16O/c13-11-8-12-5-2-1-3-10(12)7-9(11)4-6-12/h2,5,9-10H,1,3-4,6-8H2/t9-,10?,12-/m0/s1. The lowest BCUT2D eigenvalue weighted by Crippen LogP contribution is -2.46. The van der Waals surface area contributed by atoms with E-state index in [1.165, 1.54) is 32.1 Å². The van der Waals surface area contributed by atoms with Crippen LogP contribution < -0.4 is 0 Å². The first-order valence-electron chi connectivity index (χ1n) is 5.51. The lowest BCUT2D eigenvalue weighted by atomic mass is 9.52. The van der Waals surface area contributed by atoms with Crippen molar-refractivity contribution in [1.82, 2.24) is 0 Å². The van der Waals surface area contributed by atoms with E-state index < -0.39 is 0 Å². The summed E-state index contributed by atoms with van der Waals surface area (Å²) in [4.78, 5) is 11.7. The molecule has 0 saturated heterocycles. The van der Waals surface area contributed by atoms with Gasteiger partial charge in [-0.1, -0.05) is 12.2 Å². The molecule has 1 spiro atoms. The van der Waals surface area contributed by atoms with Gasteiger partial charge in [0.2, 0.25) is 0 Å². The van der Waals surface area contributed by atoms with Gasteiger partial charge in [0.25, 0.3) is 0 Å². The highest BCUT2D eigenvalue weighted by Gasteiger charge is 2.50. The lowest BCUT2D eigenvalue weighted by molar-refractivity contribution is -0.135. The minimum absolute atomic E-state index is 0.323. The topological polar surface area (TPSA) is 17.1 Å². The zero-order valence-electron chi connectivity index (χ0n) is 7.96. The molecule has 4 aliphatic carbocycles. The number of hydrogen-bond donors (Lipinski definition) is 0. The van der Waals surface area contributed by atoms with Crippen LogP contribution in [0.25, 0.3) is 0 Å². The Labute approximate surface area is 79.2 Å². The smallest absolute Gasteiger partial charge is 0.136 e. The molecule has 4 aliphatic rings. The molecule has 0 N–H and O–H groups in total. The van der Waals surface area contributed by atoms with Crippen molar-refractivity contribution in [3.63, 3.8) is 0 Å². The summed E-state index contributed by atoms with van der Waals surface area (Å²) < 4.78 is 0. The number of rotatable bonds is 0. The second-order valence-corrected chi connectivity index (χ2v) is 5.02. The third-order valence-electron chi connectivity index (χ3n) is 4.43. The van der Waals surface area contributed by atoms with Crippen molar-refractivity contribution in [2.24, 2.45) is 17.3 Å². The van der Waals surface area contributed by atoms with Crippen molar-refractivity contribution in [2.75, 3.05) is 0 Å². The van der Waals surface area contributed by atoms with Crippen LogP contribution in [0.2, 0.25) is 0 Å². The molecule has 3 saturated carbocycles. The first-order valence-corrected chi connectivity index (χ1v) is 5.51. The molecule has 70 valence electrons. The Kier molecular flexibility index (Phi) is 1.47. The van der Waals surface area contributed by atoms with E-state index in [9.17, 15) is 4.79 Å². The fourth-order valence-corrected chi connectivity index (χ4v) is 3.64. The van der Waals surface area contributed by atoms with Crippen LogP contribution in [0.5, 0.6) is 0 Å². The van der Waals surface area contributed by atoms with Gasteiger partial charge in [0.05, 0.1) is 0 Å². The normalized spacial score (nSPS) is 47.8. The van der Waals surface area contributed by atoms with Gasteiger partial charge in [0.1, 0.15) is 5.78 Å². The van der Waals surface area contributed by atoms with Crippen LogP contribution in [-0.4, -0.2) is 5.78 Å². The first-order chi connectivity index (χ1) is 6.30. The molecule has 3 atom stereocenters. The van der Waals surface area contributed by atoms with Crippen LogP contribution in [0.4, 0.5) is 0 Å². The summed E-state index contributed by atoms with van der Waals surface area (Å²) in [5.74, 6) is 1.83. The van der Waals surface area contributed by atoms with Gasteiger partial charge in [0, 0.05) is 12.3 Å². The number of carbonyl (C=O) groups excluding carboxylic acids is 1. The molecule has 0 radical (unpaired) electrons. The largest absolute Gasteiger partial charge is 0.299 e.